The molecule has 6 heteroatoms. The van der Waals surface area contributed by atoms with Crippen LogP contribution in [0.15, 0.2) is 4.99 Å². The normalized spacial score (nSPS) is 19.9. The summed E-state index contributed by atoms with van der Waals surface area (Å²) in [5.74, 6) is 1.78. The molecule has 0 bridgehead atoms. The number of nitrogens with zero attached hydrogens (tertiary/aromatic N) is 4. The molecule has 0 saturated carbocycles. The molecule has 2 atom stereocenters. The summed E-state index contributed by atoms with van der Waals surface area (Å²) in [5.41, 5.74) is 3.72. The van der Waals surface area contributed by atoms with E-state index in [-0.39, 0.29) is 0 Å². The number of rotatable bonds is 8. The summed E-state index contributed by atoms with van der Waals surface area (Å²) < 4.78 is 1.97. The van der Waals surface area contributed by atoms with Crippen LogP contribution in [-0.4, -0.2) is 59.4 Å². The van der Waals surface area contributed by atoms with E-state index >= 15 is 0 Å². The Morgan fingerprint density at radius 3 is 2.78 bits per heavy atom. The van der Waals surface area contributed by atoms with Gasteiger partial charge in [0, 0.05) is 38.4 Å². The molecular formula is C21H40N6. The molecule has 27 heavy (non-hydrogen) atoms. The smallest absolute Gasteiger partial charge is 0.191 e. The second kappa shape index (κ2) is 10.7. The maximum Gasteiger partial charge on any atom is 0.191 e. The lowest BCUT2D eigenvalue weighted by atomic mass is 10.0. The Hall–Kier alpha value is -1.56. The molecule has 1 aromatic rings. The van der Waals surface area contributed by atoms with E-state index in [4.69, 9.17) is 4.99 Å². The summed E-state index contributed by atoms with van der Waals surface area (Å²) in [7, 11) is 2.01. The molecular weight excluding hydrogens is 336 g/mol. The van der Waals surface area contributed by atoms with Crippen LogP contribution in [0.2, 0.25) is 0 Å². The maximum atomic E-state index is 4.80. The third-order valence-electron chi connectivity index (χ3n) is 5.54. The average molecular weight is 377 g/mol. The van der Waals surface area contributed by atoms with Gasteiger partial charge in [-0.15, -0.1) is 0 Å². The second-order valence-corrected chi connectivity index (χ2v) is 8.18. The molecule has 0 aromatic carbocycles. The van der Waals surface area contributed by atoms with Crippen molar-refractivity contribution in [2.45, 2.75) is 66.3 Å². The van der Waals surface area contributed by atoms with E-state index in [0.29, 0.717) is 6.04 Å². The molecule has 0 aliphatic carbocycles. The number of aryl methyl sites for hydroxylation is 2. The fourth-order valence-electron chi connectivity index (χ4n) is 4.00. The van der Waals surface area contributed by atoms with Gasteiger partial charge in [0.15, 0.2) is 5.96 Å². The van der Waals surface area contributed by atoms with Crippen molar-refractivity contribution in [3.05, 3.63) is 17.0 Å². The van der Waals surface area contributed by atoms with Crippen molar-refractivity contribution < 1.29 is 0 Å². The number of nitrogens with one attached hydrogen (secondary N) is 2. The highest BCUT2D eigenvalue weighted by Gasteiger charge is 2.16. The molecule has 154 valence electrons. The van der Waals surface area contributed by atoms with Crippen LogP contribution >= 0.6 is 0 Å². The molecule has 1 saturated heterocycles. The quantitative estimate of drug-likeness (QED) is 0.416. The lowest BCUT2D eigenvalue weighted by molar-refractivity contribution is 0.183. The monoisotopic (exact) mass is 376 g/mol. The predicted molar refractivity (Wildman–Crippen MR) is 114 cm³/mol. The van der Waals surface area contributed by atoms with Crippen LogP contribution in [0.4, 0.5) is 0 Å². The highest BCUT2D eigenvalue weighted by molar-refractivity contribution is 5.80. The van der Waals surface area contributed by atoms with Crippen LogP contribution in [-0.2, 0) is 13.5 Å². The van der Waals surface area contributed by atoms with E-state index in [1.165, 1.54) is 37.2 Å². The minimum absolute atomic E-state index is 0.312. The van der Waals surface area contributed by atoms with Gasteiger partial charge in [-0.2, -0.15) is 5.10 Å². The summed E-state index contributed by atoms with van der Waals surface area (Å²) in [6, 6.07) is 0.312. The van der Waals surface area contributed by atoms with E-state index in [1.54, 1.807) is 0 Å². The van der Waals surface area contributed by atoms with Crippen molar-refractivity contribution in [1.29, 1.82) is 0 Å². The minimum Gasteiger partial charge on any atom is -0.357 e. The van der Waals surface area contributed by atoms with E-state index in [1.807, 2.05) is 11.7 Å². The first-order valence-corrected chi connectivity index (χ1v) is 10.7. The highest BCUT2D eigenvalue weighted by atomic mass is 15.3. The molecule has 6 nitrogen and oxygen atoms in total. The SMILES string of the molecule is CCNC(=NCCCN1CCCC(C)C1)NC(C)Cc1c(C)nn(C)c1C. The van der Waals surface area contributed by atoms with E-state index in [9.17, 15) is 0 Å². The lowest BCUT2D eigenvalue weighted by Crippen LogP contribution is -2.43. The average Bonchev–Trinajstić information content (AvgIpc) is 2.85. The van der Waals surface area contributed by atoms with Crippen molar-refractivity contribution in [3.63, 3.8) is 0 Å². The zero-order valence-electron chi connectivity index (χ0n) is 18.3. The summed E-state index contributed by atoms with van der Waals surface area (Å²) >= 11 is 0. The number of hydrogen-bond acceptors (Lipinski definition) is 3. The molecule has 1 aliphatic rings. The van der Waals surface area contributed by atoms with Gasteiger partial charge in [0.25, 0.3) is 0 Å². The molecule has 0 radical (unpaired) electrons. The maximum absolute atomic E-state index is 4.80. The van der Waals surface area contributed by atoms with Crippen LogP contribution in [0.1, 0.15) is 57.0 Å². The summed E-state index contributed by atoms with van der Waals surface area (Å²) in [4.78, 5) is 7.39. The number of aliphatic imine (C=N–C) groups is 1. The fraction of sp³-hybridized carbons (Fsp3) is 0.810. The molecule has 2 heterocycles. The zero-order chi connectivity index (χ0) is 19.8. The Labute approximate surface area is 165 Å². The van der Waals surface area contributed by atoms with Gasteiger partial charge in [-0.1, -0.05) is 6.92 Å². The van der Waals surface area contributed by atoms with Gasteiger partial charge >= 0.3 is 0 Å². The van der Waals surface area contributed by atoms with Gasteiger partial charge in [-0.05, 0) is 77.9 Å². The van der Waals surface area contributed by atoms with Crippen LogP contribution < -0.4 is 10.6 Å². The standard InChI is InChI=1S/C21H40N6/c1-7-22-21(23-11-9-13-27-12-8-10-16(2)15-27)24-17(3)14-20-18(4)25-26(6)19(20)5/h16-17H,7-15H2,1-6H3,(H2,22,23,24). The summed E-state index contributed by atoms with van der Waals surface area (Å²) in [6.45, 7) is 16.4. The largest absolute Gasteiger partial charge is 0.357 e. The Balaban J connectivity index is 1.81. The summed E-state index contributed by atoms with van der Waals surface area (Å²) in [5, 5.41) is 11.5. The molecule has 2 N–H and O–H groups in total. The second-order valence-electron chi connectivity index (χ2n) is 8.18. The third kappa shape index (κ3) is 6.83. The van der Waals surface area contributed by atoms with Crippen molar-refractivity contribution in [2.24, 2.45) is 18.0 Å². The molecule has 0 spiro atoms. The predicted octanol–water partition coefficient (Wildman–Crippen LogP) is 2.65. The van der Waals surface area contributed by atoms with Gasteiger partial charge in [0.05, 0.1) is 5.69 Å². The Morgan fingerprint density at radius 2 is 2.15 bits per heavy atom. The number of aromatic nitrogens is 2. The highest BCUT2D eigenvalue weighted by Crippen LogP contribution is 2.15. The third-order valence-corrected chi connectivity index (χ3v) is 5.54. The van der Waals surface area contributed by atoms with Crippen molar-refractivity contribution in [2.75, 3.05) is 32.7 Å². The van der Waals surface area contributed by atoms with Crippen LogP contribution in [0.5, 0.6) is 0 Å². The molecule has 1 aliphatic heterocycles. The van der Waals surface area contributed by atoms with Crippen LogP contribution in [0.25, 0.3) is 0 Å². The van der Waals surface area contributed by atoms with Crippen LogP contribution in [0, 0.1) is 19.8 Å². The Kier molecular flexibility index (Phi) is 8.61. The summed E-state index contributed by atoms with van der Waals surface area (Å²) in [6.07, 6.45) is 4.82. The number of hydrogen-bond donors (Lipinski definition) is 2. The molecule has 0 amide bonds. The van der Waals surface area contributed by atoms with Gasteiger partial charge in [0.1, 0.15) is 0 Å². The zero-order valence-corrected chi connectivity index (χ0v) is 18.3. The Bertz CT molecular complexity index is 606. The first kappa shape index (κ1) is 21.7. The Morgan fingerprint density at radius 1 is 1.37 bits per heavy atom. The first-order chi connectivity index (χ1) is 12.9. The molecule has 1 aromatic heterocycles. The van der Waals surface area contributed by atoms with Gasteiger partial charge in [-0.25, -0.2) is 0 Å². The van der Waals surface area contributed by atoms with Crippen molar-refractivity contribution in [3.8, 4) is 0 Å². The minimum atomic E-state index is 0.312. The van der Waals surface area contributed by atoms with Crippen molar-refractivity contribution >= 4 is 5.96 Å². The van der Waals surface area contributed by atoms with Gasteiger partial charge < -0.3 is 15.5 Å². The molecule has 2 rings (SSSR count). The number of likely N-dealkylation sites (tertiary alicyclic amines) is 1. The first-order valence-electron chi connectivity index (χ1n) is 10.7. The van der Waals surface area contributed by atoms with Gasteiger partial charge in [0.2, 0.25) is 0 Å². The van der Waals surface area contributed by atoms with Crippen LogP contribution in [0.3, 0.4) is 0 Å². The molecule has 1 fully saturated rings. The van der Waals surface area contributed by atoms with E-state index < -0.39 is 0 Å². The van der Waals surface area contributed by atoms with Crippen molar-refractivity contribution in [1.82, 2.24) is 25.3 Å². The lowest BCUT2D eigenvalue weighted by Gasteiger charge is -2.30. The fourth-order valence-corrected chi connectivity index (χ4v) is 4.00. The number of guanidine groups is 1. The topological polar surface area (TPSA) is 57.5 Å². The molecule has 2 unspecified atom stereocenters. The van der Waals surface area contributed by atoms with E-state index in [0.717, 1.165) is 50.0 Å². The van der Waals surface area contributed by atoms with Gasteiger partial charge in [-0.3, -0.25) is 9.67 Å². The number of piperidine rings is 1. The van der Waals surface area contributed by atoms with E-state index in [2.05, 4.69) is 55.3 Å².